The van der Waals surface area contributed by atoms with Gasteiger partial charge in [-0.3, -0.25) is 4.79 Å². The van der Waals surface area contributed by atoms with Crippen molar-refractivity contribution in [3.8, 4) is 11.5 Å². The van der Waals surface area contributed by atoms with Gasteiger partial charge in [0.05, 0.1) is 14.2 Å². The van der Waals surface area contributed by atoms with Crippen molar-refractivity contribution in [2.24, 2.45) is 11.8 Å². The number of rotatable bonds is 5. The van der Waals surface area contributed by atoms with Gasteiger partial charge >= 0.3 is 0 Å². The largest absolute Gasteiger partial charge is 0.550 e. The number of ether oxygens (including phenoxy) is 2. The summed E-state index contributed by atoms with van der Waals surface area (Å²) in [6.07, 6.45) is 2.73. The molecule has 0 spiro atoms. The number of carboxylic acid groups (broad SMARTS) is 1. The molecule has 1 aliphatic carbocycles. The van der Waals surface area contributed by atoms with Crippen molar-refractivity contribution in [1.82, 2.24) is 0 Å². The zero-order valence-corrected chi connectivity index (χ0v) is 12.8. The zero-order valence-electron chi connectivity index (χ0n) is 12.8. The first-order chi connectivity index (χ1) is 10.6. The molecule has 1 aliphatic rings. The lowest BCUT2D eigenvalue weighted by molar-refractivity contribution is -0.313. The summed E-state index contributed by atoms with van der Waals surface area (Å²) < 4.78 is 10.3. The van der Waals surface area contributed by atoms with E-state index in [1.807, 2.05) is 0 Å². The van der Waals surface area contributed by atoms with Crippen LogP contribution in [0.15, 0.2) is 18.2 Å². The lowest BCUT2D eigenvalue weighted by Crippen LogP contribution is -2.42. The van der Waals surface area contributed by atoms with Crippen LogP contribution in [0.4, 0.5) is 5.69 Å². The van der Waals surface area contributed by atoms with Crippen molar-refractivity contribution >= 4 is 17.6 Å². The van der Waals surface area contributed by atoms with Crippen LogP contribution in [0.25, 0.3) is 0 Å². The highest BCUT2D eigenvalue weighted by Crippen LogP contribution is 2.33. The molecule has 1 aromatic carbocycles. The molecule has 120 valence electrons. The van der Waals surface area contributed by atoms with E-state index in [0.717, 1.165) is 12.8 Å². The summed E-state index contributed by atoms with van der Waals surface area (Å²) in [6, 6.07) is 5.02. The predicted molar refractivity (Wildman–Crippen MR) is 78.6 cm³/mol. The minimum atomic E-state index is -1.15. The van der Waals surface area contributed by atoms with Crippen LogP contribution in [0.1, 0.15) is 25.7 Å². The Bertz CT molecular complexity index is 557. The highest BCUT2D eigenvalue weighted by atomic mass is 16.5. The van der Waals surface area contributed by atoms with E-state index < -0.39 is 17.8 Å². The predicted octanol–water partition coefficient (Wildman–Crippen LogP) is 1.20. The standard InChI is InChI=1S/C16H21NO5/c1-21-13-8-7-10(9-14(13)22-2)17-15(18)11-5-3-4-6-12(11)16(19)20/h7-9,11-12H,3-6H2,1-2H3,(H,17,18)(H,19,20)/p-1/t11-,12-/m1/s1. The second kappa shape index (κ2) is 7.15. The third-order valence-electron chi connectivity index (χ3n) is 4.06. The normalized spacial score (nSPS) is 21.0. The van der Waals surface area contributed by atoms with Gasteiger partial charge in [-0.1, -0.05) is 12.8 Å². The first kappa shape index (κ1) is 16.1. The average Bonchev–Trinajstić information content (AvgIpc) is 2.54. The summed E-state index contributed by atoms with van der Waals surface area (Å²) in [5, 5.41) is 13.9. The first-order valence-corrected chi connectivity index (χ1v) is 7.30. The van der Waals surface area contributed by atoms with Gasteiger partial charge in [-0.15, -0.1) is 0 Å². The van der Waals surface area contributed by atoms with Crippen molar-refractivity contribution in [2.45, 2.75) is 25.7 Å². The van der Waals surface area contributed by atoms with E-state index in [2.05, 4.69) is 5.32 Å². The number of amides is 1. The number of hydrogen-bond donors (Lipinski definition) is 1. The lowest BCUT2D eigenvalue weighted by atomic mass is 9.78. The van der Waals surface area contributed by atoms with Gasteiger partial charge in [0.25, 0.3) is 0 Å². The fourth-order valence-corrected chi connectivity index (χ4v) is 2.88. The maximum Gasteiger partial charge on any atom is 0.228 e. The van der Waals surface area contributed by atoms with Gasteiger partial charge in [0.2, 0.25) is 5.91 Å². The Kier molecular flexibility index (Phi) is 5.25. The molecule has 6 nitrogen and oxygen atoms in total. The van der Waals surface area contributed by atoms with Gasteiger partial charge in [0.1, 0.15) is 0 Å². The third kappa shape index (κ3) is 3.50. The topological polar surface area (TPSA) is 87.7 Å². The monoisotopic (exact) mass is 306 g/mol. The zero-order chi connectivity index (χ0) is 16.1. The van der Waals surface area contributed by atoms with Crippen molar-refractivity contribution in [3.05, 3.63) is 18.2 Å². The minimum absolute atomic E-state index is 0.291. The molecule has 22 heavy (non-hydrogen) atoms. The molecular formula is C16H20NO5-. The molecule has 1 amide bonds. The summed E-state index contributed by atoms with van der Waals surface area (Å²) in [4.78, 5) is 23.5. The number of hydrogen-bond acceptors (Lipinski definition) is 5. The summed E-state index contributed by atoms with van der Waals surface area (Å²) in [5.74, 6) is -1.64. The smallest absolute Gasteiger partial charge is 0.228 e. The van der Waals surface area contributed by atoms with Gasteiger partial charge in [0, 0.05) is 29.6 Å². The molecule has 0 aliphatic heterocycles. The quantitative estimate of drug-likeness (QED) is 0.883. The summed E-state index contributed by atoms with van der Waals surface area (Å²) in [7, 11) is 3.04. The summed E-state index contributed by atoms with van der Waals surface area (Å²) >= 11 is 0. The Morgan fingerprint density at radius 1 is 1.09 bits per heavy atom. The number of carbonyl (C=O) groups is 2. The molecule has 1 N–H and O–H groups in total. The molecule has 0 radical (unpaired) electrons. The Morgan fingerprint density at radius 2 is 1.73 bits per heavy atom. The summed E-state index contributed by atoms with van der Waals surface area (Å²) in [6.45, 7) is 0. The summed E-state index contributed by atoms with van der Waals surface area (Å²) in [5.41, 5.74) is 0.547. The van der Waals surface area contributed by atoms with E-state index in [-0.39, 0.29) is 5.91 Å². The van der Waals surface area contributed by atoms with E-state index in [1.54, 1.807) is 18.2 Å². The number of carboxylic acids is 1. The van der Waals surface area contributed by atoms with Crippen LogP contribution in [0.2, 0.25) is 0 Å². The molecule has 0 aromatic heterocycles. The van der Waals surface area contributed by atoms with Crippen molar-refractivity contribution in [1.29, 1.82) is 0 Å². The fraction of sp³-hybridized carbons (Fsp3) is 0.500. The van der Waals surface area contributed by atoms with E-state index in [0.29, 0.717) is 30.0 Å². The Hall–Kier alpha value is -2.24. The average molecular weight is 306 g/mol. The van der Waals surface area contributed by atoms with Gasteiger partial charge in [-0.2, -0.15) is 0 Å². The van der Waals surface area contributed by atoms with Crippen LogP contribution in [-0.4, -0.2) is 26.1 Å². The number of aliphatic carboxylic acids is 1. The van der Waals surface area contributed by atoms with Crippen LogP contribution in [0.3, 0.4) is 0 Å². The molecule has 0 heterocycles. The molecule has 2 rings (SSSR count). The molecule has 1 saturated carbocycles. The van der Waals surface area contributed by atoms with Gasteiger partial charge in [-0.25, -0.2) is 0 Å². The van der Waals surface area contributed by atoms with Crippen LogP contribution >= 0.6 is 0 Å². The number of nitrogens with one attached hydrogen (secondary N) is 1. The van der Waals surface area contributed by atoms with E-state index in [1.165, 1.54) is 14.2 Å². The van der Waals surface area contributed by atoms with Crippen LogP contribution in [0, 0.1) is 11.8 Å². The van der Waals surface area contributed by atoms with Crippen molar-refractivity contribution in [3.63, 3.8) is 0 Å². The molecule has 0 saturated heterocycles. The molecule has 6 heteroatoms. The van der Waals surface area contributed by atoms with Crippen LogP contribution in [0.5, 0.6) is 11.5 Å². The van der Waals surface area contributed by atoms with E-state index in [4.69, 9.17) is 9.47 Å². The maximum absolute atomic E-state index is 12.4. The van der Waals surface area contributed by atoms with Crippen LogP contribution < -0.4 is 19.9 Å². The molecule has 0 bridgehead atoms. The minimum Gasteiger partial charge on any atom is -0.550 e. The van der Waals surface area contributed by atoms with Crippen molar-refractivity contribution < 1.29 is 24.2 Å². The fourth-order valence-electron chi connectivity index (χ4n) is 2.88. The molecule has 1 fully saturated rings. The number of methoxy groups -OCH3 is 2. The van der Waals surface area contributed by atoms with Gasteiger partial charge in [0.15, 0.2) is 11.5 Å². The van der Waals surface area contributed by atoms with E-state index >= 15 is 0 Å². The third-order valence-corrected chi connectivity index (χ3v) is 4.06. The Morgan fingerprint density at radius 3 is 2.32 bits per heavy atom. The Balaban J connectivity index is 2.12. The SMILES string of the molecule is COc1ccc(NC(=O)[C@@H]2CCCC[C@H]2C(=O)[O-])cc1OC. The number of anilines is 1. The highest BCUT2D eigenvalue weighted by molar-refractivity contribution is 5.95. The molecular weight excluding hydrogens is 286 g/mol. The number of benzene rings is 1. The number of carbonyl (C=O) groups excluding carboxylic acids is 2. The highest BCUT2D eigenvalue weighted by Gasteiger charge is 2.31. The first-order valence-electron chi connectivity index (χ1n) is 7.30. The second-order valence-electron chi connectivity index (χ2n) is 5.38. The maximum atomic E-state index is 12.4. The van der Waals surface area contributed by atoms with Crippen molar-refractivity contribution in [2.75, 3.05) is 19.5 Å². The van der Waals surface area contributed by atoms with Gasteiger partial charge in [-0.05, 0) is 25.0 Å². The Labute approximate surface area is 129 Å². The second-order valence-corrected chi connectivity index (χ2v) is 5.38. The lowest BCUT2D eigenvalue weighted by Gasteiger charge is -2.31. The van der Waals surface area contributed by atoms with Gasteiger partial charge < -0.3 is 24.7 Å². The molecule has 2 atom stereocenters. The molecule has 0 unspecified atom stereocenters. The van der Waals surface area contributed by atoms with Crippen LogP contribution in [-0.2, 0) is 9.59 Å². The van der Waals surface area contributed by atoms with E-state index in [9.17, 15) is 14.7 Å². The molecule has 1 aromatic rings.